The Morgan fingerprint density at radius 1 is 1.07 bits per heavy atom. The minimum absolute atomic E-state index is 0.0107. The van der Waals surface area contributed by atoms with Crippen LogP contribution >= 0.6 is 11.8 Å². The number of aliphatic hydroxyl groups is 2. The van der Waals surface area contributed by atoms with Crippen LogP contribution in [0.2, 0.25) is 0 Å². The van der Waals surface area contributed by atoms with Crippen molar-refractivity contribution in [2.45, 2.75) is 112 Å². The van der Waals surface area contributed by atoms with Crippen molar-refractivity contribution in [3.8, 4) is 0 Å². The molecule has 6 fully saturated rings. The van der Waals surface area contributed by atoms with Gasteiger partial charge in [0.1, 0.15) is 12.9 Å². The zero-order valence-corrected chi connectivity index (χ0v) is 24.6. The van der Waals surface area contributed by atoms with Gasteiger partial charge in [-0.15, -0.1) is 11.8 Å². The normalized spacial score (nSPS) is 57.2. The lowest BCUT2D eigenvalue weighted by Crippen LogP contribution is -2.73. The van der Waals surface area contributed by atoms with Crippen LogP contribution in [0.25, 0.3) is 0 Å². The number of aliphatic imine (C=N–C) groups is 1. The summed E-state index contributed by atoms with van der Waals surface area (Å²) in [5, 5.41) is 24.6. The molecule has 224 valence electrons. The van der Waals surface area contributed by atoms with E-state index in [1.165, 1.54) is 6.29 Å². The minimum atomic E-state index is -1.74. The second-order valence-electron chi connectivity index (χ2n) is 14.4. The highest BCUT2D eigenvalue weighted by molar-refractivity contribution is 8.01. The van der Waals surface area contributed by atoms with Crippen LogP contribution < -0.4 is 0 Å². The number of cyclic esters (lactones) is 1. The van der Waals surface area contributed by atoms with E-state index >= 15 is 0 Å². The number of hydrogen-bond acceptors (Lipinski definition) is 10. The SMILES string of the molecule is C[C@@H]1C[C@]2(N=CCS2)[C@]2(O)O[C@@H]3C[C@@]4(C=O)[C@@H](CC[C@@H]5[C@@H]4CC[C@]4(C)[C@@H](C6=CC(=O)OC6)CC[C@]54O)C[C@H]3O[C@@H]2O1. The first-order valence-corrected chi connectivity index (χ1v) is 16.5. The van der Waals surface area contributed by atoms with Gasteiger partial charge in [-0.25, -0.2) is 4.79 Å². The van der Waals surface area contributed by atoms with Gasteiger partial charge in [0.25, 0.3) is 5.79 Å². The Bertz CT molecular complexity index is 1230. The Hall–Kier alpha value is -1.30. The number of ether oxygens (including phenoxy) is 4. The molecule has 4 heterocycles. The largest absolute Gasteiger partial charge is 0.458 e. The maximum Gasteiger partial charge on any atom is 0.331 e. The summed E-state index contributed by atoms with van der Waals surface area (Å²) in [4.78, 5) is 29.1. The van der Waals surface area contributed by atoms with E-state index in [2.05, 4.69) is 6.92 Å². The average Bonchev–Trinajstić information content (AvgIpc) is 3.65. The molecule has 2 N–H and O–H groups in total. The van der Waals surface area contributed by atoms with Crippen LogP contribution in [0.4, 0.5) is 0 Å². The number of hydrogen-bond donors (Lipinski definition) is 2. The summed E-state index contributed by atoms with van der Waals surface area (Å²) in [6, 6.07) is 0. The summed E-state index contributed by atoms with van der Waals surface area (Å²) in [6.07, 6.45) is 9.34. The number of carbonyl (C=O) groups excluding carboxylic acids is 2. The van der Waals surface area contributed by atoms with Gasteiger partial charge in [0.15, 0.2) is 4.87 Å². The highest BCUT2D eigenvalue weighted by Gasteiger charge is 2.72. The molecular weight excluding hydrogens is 546 g/mol. The van der Waals surface area contributed by atoms with Crippen LogP contribution in [0, 0.1) is 34.5 Å². The molecule has 0 radical (unpaired) electrons. The van der Waals surface area contributed by atoms with E-state index in [1.54, 1.807) is 17.8 Å². The monoisotopic (exact) mass is 587 g/mol. The van der Waals surface area contributed by atoms with E-state index in [0.717, 1.165) is 37.7 Å². The Morgan fingerprint density at radius 3 is 2.66 bits per heavy atom. The van der Waals surface area contributed by atoms with Gasteiger partial charge in [-0.3, -0.25) is 4.99 Å². The Morgan fingerprint density at radius 2 is 1.93 bits per heavy atom. The summed E-state index contributed by atoms with van der Waals surface area (Å²) in [5.74, 6) is -1.08. The van der Waals surface area contributed by atoms with Gasteiger partial charge in [0.05, 0.1) is 23.9 Å². The smallest absolute Gasteiger partial charge is 0.331 e. The summed E-state index contributed by atoms with van der Waals surface area (Å²) in [7, 11) is 0. The van der Waals surface area contributed by atoms with Crippen molar-refractivity contribution in [3.63, 3.8) is 0 Å². The molecule has 1 spiro atoms. The van der Waals surface area contributed by atoms with Gasteiger partial charge in [0.2, 0.25) is 6.29 Å². The molecule has 4 aliphatic heterocycles. The molecule has 0 bridgehead atoms. The van der Waals surface area contributed by atoms with Gasteiger partial charge in [0, 0.05) is 35.3 Å². The van der Waals surface area contributed by atoms with E-state index in [1.807, 2.05) is 13.1 Å². The van der Waals surface area contributed by atoms with E-state index in [0.29, 0.717) is 38.0 Å². The lowest BCUT2D eigenvalue weighted by Gasteiger charge is -2.65. The molecular formula is C31H41NO8S. The molecule has 2 saturated heterocycles. The third-order valence-electron chi connectivity index (χ3n) is 12.9. The van der Waals surface area contributed by atoms with Crippen molar-refractivity contribution in [1.82, 2.24) is 0 Å². The number of esters is 1. The number of rotatable bonds is 2. The van der Waals surface area contributed by atoms with Crippen molar-refractivity contribution in [3.05, 3.63) is 11.6 Å². The van der Waals surface area contributed by atoms with Gasteiger partial charge >= 0.3 is 5.97 Å². The third kappa shape index (κ3) is 3.41. The fourth-order valence-electron chi connectivity index (χ4n) is 11.0. The van der Waals surface area contributed by atoms with Gasteiger partial charge in [-0.2, -0.15) is 0 Å². The predicted molar refractivity (Wildman–Crippen MR) is 149 cm³/mol. The molecule has 9 nitrogen and oxygen atoms in total. The van der Waals surface area contributed by atoms with Crippen LogP contribution in [0.15, 0.2) is 16.6 Å². The Kier molecular flexibility index (Phi) is 5.91. The van der Waals surface area contributed by atoms with Crippen LogP contribution in [-0.4, -0.2) is 81.9 Å². The molecule has 8 aliphatic rings. The van der Waals surface area contributed by atoms with Crippen LogP contribution in [0.5, 0.6) is 0 Å². The maximum atomic E-state index is 13.3. The number of nitrogens with zero attached hydrogens (tertiary/aromatic N) is 1. The lowest BCUT2D eigenvalue weighted by atomic mass is 9.42. The van der Waals surface area contributed by atoms with Crippen molar-refractivity contribution >= 4 is 30.2 Å². The summed E-state index contributed by atoms with van der Waals surface area (Å²) in [5.41, 5.74) is -0.925. The molecule has 10 heteroatoms. The van der Waals surface area contributed by atoms with Crippen molar-refractivity contribution in [2.24, 2.45) is 39.5 Å². The Labute approximate surface area is 244 Å². The second kappa shape index (κ2) is 8.88. The Balaban J connectivity index is 1.10. The van der Waals surface area contributed by atoms with E-state index < -0.39 is 34.1 Å². The first-order valence-electron chi connectivity index (χ1n) is 15.5. The highest BCUT2D eigenvalue weighted by Crippen LogP contribution is 2.70. The van der Waals surface area contributed by atoms with Crippen molar-refractivity contribution in [1.29, 1.82) is 0 Å². The molecule has 13 atom stereocenters. The maximum absolute atomic E-state index is 13.3. The molecule has 0 aromatic rings. The summed E-state index contributed by atoms with van der Waals surface area (Å²) in [6.45, 7) is 4.49. The van der Waals surface area contributed by atoms with E-state index in [9.17, 15) is 19.8 Å². The third-order valence-corrected chi connectivity index (χ3v) is 14.2. The standard InChI is InChI=1S/C31H41NO8S/c1-17-13-30(32-9-10-41-30)31(36)26(38-17)39-23-12-19-3-4-22-21(28(19,16-33)14-24(23)40-31)5-7-27(2)20(6-8-29(22,27)35)18-11-25(34)37-15-18/h9,11,16-17,19-24,26,35-36H,3-8,10,12-15H2,1-2H3/t17-,19+,20-,21+,22-,23-,24-,26+,27-,28-,29+,30-,31-/m1/s1. The van der Waals surface area contributed by atoms with Crippen LogP contribution in [0.1, 0.15) is 71.6 Å². The quantitative estimate of drug-likeness (QED) is 0.285. The topological polar surface area (TPSA) is 124 Å². The van der Waals surface area contributed by atoms with Crippen molar-refractivity contribution in [2.75, 3.05) is 12.4 Å². The number of carbonyl (C=O) groups is 2. The number of aldehydes is 1. The molecule has 4 aliphatic carbocycles. The minimum Gasteiger partial charge on any atom is -0.458 e. The molecule has 0 aromatic carbocycles. The first-order chi connectivity index (χ1) is 19.6. The molecule has 4 saturated carbocycles. The highest BCUT2D eigenvalue weighted by atomic mass is 32.2. The fraction of sp³-hybridized carbons (Fsp3) is 0.839. The first kappa shape index (κ1) is 27.3. The van der Waals surface area contributed by atoms with E-state index in [4.69, 9.17) is 23.9 Å². The molecule has 41 heavy (non-hydrogen) atoms. The zero-order chi connectivity index (χ0) is 28.4. The van der Waals surface area contributed by atoms with Gasteiger partial charge in [-0.1, -0.05) is 6.92 Å². The van der Waals surface area contributed by atoms with E-state index in [-0.39, 0.29) is 47.3 Å². The van der Waals surface area contributed by atoms with Gasteiger partial charge < -0.3 is 34.0 Å². The second-order valence-corrected chi connectivity index (χ2v) is 15.7. The zero-order valence-electron chi connectivity index (χ0n) is 23.8. The number of thioether (sulfide) groups is 1. The molecule has 0 aromatic heterocycles. The number of fused-ring (bicyclic) bond motifs is 8. The molecule has 0 unspecified atom stereocenters. The van der Waals surface area contributed by atoms with Crippen molar-refractivity contribution < 1.29 is 38.7 Å². The molecule has 0 amide bonds. The fourth-order valence-corrected chi connectivity index (χ4v) is 12.3. The van der Waals surface area contributed by atoms with Gasteiger partial charge in [-0.05, 0) is 87.5 Å². The average molecular weight is 588 g/mol. The van der Waals surface area contributed by atoms with Crippen LogP contribution in [-0.2, 0) is 28.5 Å². The summed E-state index contributed by atoms with van der Waals surface area (Å²) < 4.78 is 24.5. The van der Waals surface area contributed by atoms with Crippen LogP contribution in [0.3, 0.4) is 0 Å². The lowest BCUT2D eigenvalue weighted by molar-refractivity contribution is -0.445. The summed E-state index contributed by atoms with van der Waals surface area (Å²) >= 11 is 1.56. The predicted octanol–water partition coefficient (Wildman–Crippen LogP) is 3.15. The molecule has 8 rings (SSSR count).